The van der Waals surface area contributed by atoms with Crippen LogP contribution in [0.3, 0.4) is 0 Å². The van der Waals surface area contributed by atoms with Crippen LogP contribution >= 0.6 is 0 Å². The lowest BCUT2D eigenvalue weighted by atomic mass is 10.2. The van der Waals surface area contributed by atoms with E-state index >= 15 is 0 Å². The van der Waals surface area contributed by atoms with Gasteiger partial charge < -0.3 is 10.1 Å². The van der Waals surface area contributed by atoms with Crippen molar-refractivity contribution in [2.75, 3.05) is 11.9 Å². The van der Waals surface area contributed by atoms with E-state index in [1.54, 1.807) is 0 Å². The Labute approximate surface area is 89.8 Å². The summed E-state index contributed by atoms with van der Waals surface area (Å²) in [6, 6.07) is 5.54. The number of benzene rings is 1. The Hall–Kier alpha value is -1.77. The topological polar surface area (TPSA) is 38.3 Å². The first-order chi connectivity index (χ1) is 7.17. The standard InChI is InChI=1S/C12H15NO2/c1-4-12(14)13-11-7-6-10(15-5-2)8-9(11)3/h4,6-8H,1,5H2,2-3H3,(H,13,14). The molecule has 0 fully saturated rings. The summed E-state index contributed by atoms with van der Waals surface area (Å²) in [5, 5.41) is 2.72. The maximum absolute atomic E-state index is 11.1. The molecule has 0 saturated carbocycles. The Balaban J connectivity index is 2.83. The van der Waals surface area contributed by atoms with E-state index < -0.39 is 0 Å². The monoisotopic (exact) mass is 205 g/mol. The molecule has 1 rings (SSSR count). The smallest absolute Gasteiger partial charge is 0.247 e. The number of carbonyl (C=O) groups excluding carboxylic acids is 1. The van der Waals surface area contributed by atoms with E-state index in [0.717, 1.165) is 17.0 Å². The van der Waals surface area contributed by atoms with Gasteiger partial charge in [-0.3, -0.25) is 4.79 Å². The Morgan fingerprint density at radius 3 is 2.87 bits per heavy atom. The molecule has 80 valence electrons. The summed E-state index contributed by atoms with van der Waals surface area (Å²) in [7, 11) is 0. The van der Waals surface area contributed by atoms with Crippen molar-refractivity contribution in [2.45, 2.75) is 13.8 Å². The molecule has 0 aliphatic heterocycles. The lowest BCUT2D eigenvalue weighted by molar-refractivity contribution is -0.111. The molecular weight excluding hydrogens is 190 g/mol. The Kier molecular flexibility index (Phi) is 3.92. The average molecular weight is 205 g/mol. The van der Waals surface area contributed by atoms with Gasteiger partial charge in [0, 0.05) is 5.69 Å². The van der Waals surface area contributed by atoms with Crippen LogP contribution in [-0.2, 0) is 4.79 Å². The maximum Gasteiger partial charge on any atom is 0.247 e. The van der Waals surface area contributed by atoms with Crippen molar-refractivity contribution in [1.29, 1.82) is 0 Å². The summed E-state index contributed by atoms with van der Waals surface area (Å²) < 4.78 is 5.34. The van der Waals surface area contributed by atoms with E-state index in [9.17, 15) is 4.79 Å². The van der Waals surface area contributed by atoms with Crippen molar-refractivity contribution >= 4 is 11.6 Å². The van der Waals surface area contributed by atoms with Gasteiger partial charge in [-0.25, -0.2) is 0 Å². The predicted molar refractivity (Wildman–Crippen MR) is 61.2 cm³/mol. The highest BCUT2D eigenvalue weighted by atomic mass is 16.5. The maximum atomic E-state index is 11.1. The molecule has 0 unspecified atom stereocenters. The molecule has 15 heavy (non-hydrogen) atoms. The third-order valence-electron chi connectivity index (χ3n) is 1.95. The van der Waals surface area contributed by atoms with Gasteiger partial charge in [-0.05, 0) is 43.7 Å². The van der Waals surface area contributed by atoms with Gasteiger partial charge in [-0.1, -0.05) is 6.58 Å². The van der Waals surface area contributed by atoms with Crippen molar-refractivity contribution < 1.29 is 9.53 Å². The van der Waals surface area contributed by atoms with Crippen molar-refractivity contribution in [3.63, 3.8) is 0 Å². The fraction of sp³-hybridized carbons (Fsp3) is 0.250. The van der Waals surface area contributed by atoms with Crippen LogP contribution in [0.15, 0.2) is 30.9 Å². The van der Waals surface area contributed by atoms with Crippen molar-refractivity contribution in [3.8, 4) is 5.75 Å². The molecule has 3 nitrogen and oxygen atoms in total. The molecule has 0 atom stereocenters. The lowest BCUT2D eigenvalue weighted by Gasteiger charge is -2.09. The van der Waals surface area contributed by atoms with Gasteiger partial charge in [-0.15, -0.1) is 0 Å². The van der Waals surface area contributed by atoms with E-state index in [1.165, 1.54) is 6.08 Å². The highest BCUT2D eigenvalue weighted by Gasteiger charge is 2.02. The van der Waals surface area contributed by atoms with Crippen LogP contribution in [0.25, 0.3) is 0 Å². The molecule has 0 aromatic heterocycles. The van der Waals surface area contributed by atoms with E-state index in [1.807, 2.05) is 32.0 Å². The molecule has 0 aliphatic rings. The zero-order chi connectivity index (χ0) is 11.3. The zero-order valence-electron chi connectivity index (χ0n) is 9.04. The number of carbonyl (C=O) groups is 1. The minimum atomic E-state index is -0.206. The summed E-state index contributed by atoms with van der Waals surface area (Å²) in [6.07, 6.45) is 1.25. The number of nitrogens with one attached hydrogen (secondary N) is 1. The Bertz CT molecular complexity index is 372. The molecule has 0 heterocycles. The van der Waals surface area contributed by atoms with Crippen LogP contribution in [-0.4, -0.2) is 12.5 Å². The molecule has 0 aliphatic carbocycles. The van der Waals surface area contributed by atoms with Gasteiger partial charge in [0.15, 0.2) is 0 Å². The third-order valence-corrected chi connectivity index (χ3v) is 1.95. The Morgan fingerprint density at radius 2 is 2.33 bits per heavy atom. The van der Waals surface area contributed by atoms with Crippen molar-refractivity contribution in [1.82, 2.24) is 0 Å². The third kappa shape index (κ3) is 3.13. The molecule has 0 bridgehead atoms. The highest BCUT2D eigenvalue weighted by Crippen LogP contribution is 2.21. The molecule has 1 N–H and O–H groups in total. The molecule has 3 heteroatoms. The second-order valence-corrected chi connectivity index (χ2v) is 3.10. The SMILES string of the molecule is C=CC(=O)Nc1ccc(OCC)cc1C. The first-order valence-corrected chi connectivity index (χ1v) is 4.84. The highest BCUT2D eigenvalue weighted by molar-refractivity contribution is 5.99. The minimum absolute atomic E-state index is 0.206. The summed E-state index contributed by atoms with van der Waals surface area (Å²) in [5.74, 6) is 0.605. The van der Waals surface area contributed by atoms with Crippen LogP contribution < -0.4 is 10.1 Å². The minimum Gasteiger partial charge on any atom is -0.494 e. The zero-order valence-corrected chi connectivity index (χ0v) is 9.04. The molecule has 1 aromatic rings. The number of amides is 1. The molecule has 1 amide bonds. The van der Waals surface area contributed by atoms with Crippen molar-refractivity contribution in [2.24, 2.45) is 0 Å². The van der Waals surface area contributed by atoms with Crippen LogP contribution in [0.4, 0.5) is 5.69 Å². The summed E-state index contributed by atoms with van der Waals surface area (Å²) in [4.78, 5) is 11.1. The fourth-order valence-corrected chi connectivity index (χ4v) is 1.22. The quantitative estimate of drug-likeness (QED) is 0.767. The molecule has 0 saturated heterocycles. The Morgan fingerprint density at radius 1 is 1.60 bits per heavy atom. The molecule has 0 radical (unpaired) electrons. The van der Waals surface area contributed by atoms with Gasteiger partial charge in [0.1, 0.15) is 5.75 Å². The van der Waals surface area contributed by atoms with Gasteiger partial charge >= 0.3 is 0 Å². The second kappa shape index (κ2) is 5.20. The van der Waals surface area contributed by atoms with E-state index in [0.29, 0.717) is 6.61 Å². The predicted octanol–water partition coefficient (Wildman–Crippen LogP) is 2.52. The molecule has 0 spiro atoms. The number of hydrogen-bond donors (Lipinski definition) is 1. The lowest BCUT2D eigenvalue weighted by Crippen LogP contribution is -2.08. The normalized spacial score (nSPS) is 9.47. The van der Waals surface area contributed by atoms with Crippen LogP contribution in [0.2, 0.25) is 0 Å². The van der Waals surface area contributed by atoms with Crippen LogP contribution in [0.5, 0.6) is 5.75 Å². The number of hydrogen-bond acceptors (Lipinski definition) is 2. The van der Waals surface area contributed by atoms with Gasteiger partial charge in [-0.2, -0.15) is 0 Å². The van der Waals surface area contributed by atoms with Gasteiger partial charge in [0.2, 0.25) is 5.91 Å². The average Bonchev–Trinajstić information content (AvgIpc) is 2.22. The van der Waals surface area contributed by atoms with E-state index in [2.05, 4.69) is 11.9 Å². The van der Waals surface area contributed by atoms with Crippen LogP contribution in [0, 0.1) is 6.92 Å². The number of anilines is 1. The first-order valence-electron chi connectivity index (χ1n) is 4.84. The first kappa shape index (κ1) is 11.3. The largest absolute Gasteiger partial charge is 0.494 e. The van der Waals surface area contributed by atoms with Crippen LogP contribution in [0.1, 0.15) is 12.5 Å². The number of aryl methyl sites for hydroxylation is 1. The number of rotatable bonds is 4. The molecular formula is C12H15NO2. The summed E-state index contributed by atoms with van der Waals surface area (Å²) in [6.45, 7) is 7.88. The van der Waals surface area contributed by atoms with E-state index in [-0.39, 0.29) is 5.91 Å². The fourth-order valence-electron chi connectivity index (χ4n) is 1.22. The van der Waals surface area contributed by atoms with Gasteiger partial charge in [0.25, 0.3) is 0 Å². The van der Waals surface area contributed by atoms with Crippen molar-refractivity contribution in [3.05, 3.63) is 36.4 Å². The number of ether oxygens (including phenoxy) is 1. The van der Waals surface area contributed by atoms with E-state index in [4.69, 9.17) is 4.74 Å². The summed E-state index contributed by atoms with van der Waals surface area (Å²) in [5.41, 5.74) is 1.75. The molecule has 1 aromatic carbocycles. The second-order valence-electron chi connectivity index (χ2n) is 3.10. The van der Waals surface area contributed by atoms with Gasteiger partial charge in [0.05, 0.1) is 6.61 Å². The summed E-state index contributed by atoms with van der Waals surface area (Å²) >= 11 is 0.